The van der Waals surface area contributed by atoms with Crippen LogP contribution in [0.1, 0.15) is 28.2 Å². The molecule has 2 heterocycles. The van der Waals surface area contributed by atoms with E-state index in [-0.39, 0.29) is 9.77 Å². The van der Waals surface area contributed by atoms with E-state index in [0.29, 0.717) is 0 Å². The Morgan fingerprint density at radius 1 is 1.35 bits per heavy atom. The number of hydrogen-bond donors (Lipinski definition) is 2. The minimum Gasteiger partial charge on any atom is -0.477 e. The monoisotopic (exact) mass is 312 g/mol. The van der Waals surface area contributed by atoms with Crippen molar-refractivity contribution in [3.63, 3.8) is 0 Å². The predicted molar refractivity (Wildman–Crippen MR) is 74.3 cm³/mol. The van der Waals surface area contributed by atoms with Crippen LogP contribution in [-0.4, -0.2) is 24.5 Å². The second-order valence-electron chi connectivity index (χ2n) is 4.04. The highest BCUT2D eigenvalue weighted by Gasteiger charge is 2.25. The fourth-order valence-electron chi connectivity index (χ4n) is 1.68. The third-order valence-corrected chi connectivity index (χ3v) is 5.27. The first-order valence-corrected chi connectivity index (χ1v) is 8.01. The van der Waals surface area contributed by atoms with E-state index < -0.39 is 22.0 Å². The summed E-state index contributed by atoms with van der Waals surface area (Å²) in [5, 5.41) is 10.4. The molecule has 0 saturated carbocycles. The second-order valence-corrected chi connectivity index (χ2v) is 6.64. The number of aromatic nitrogens is 1. The summed E-state index contributed by atoms with van der Waals surface area (Å²) in [6.07, 6.45) is 3.13. The number of nitrogens with zero attached hydrogens (tertiary/aromatic N) is 1. The minimum absolute atomic E-state index is 0.195. The molecule has 20 heavy (non-hydrogen) atoms. The standard InChI is InChI=1S/C12H12N2O4S2/c1-8(9-2-5-13-6-3-9)14-20(17,18)10-4-7-19-11(10)12(15)16/h2-8,14H,1H3,(H,15,16)/t8-/m1/s1. The molecule has 6 nitrogen and oxygen atoms in total. The van der Waals surface area contributed by atoms with Gasteiger partial charge in [-0.15, -0.1) is 11.3 Å². The average molecular weight is 312 g/mol. The van der Waals surface area contributed by atoms with Crippen molar-refractivity contribution in [2.75, 3.05) is 0 Å². The molecule has 0 unspecified atom stereocenters. The topological polar surface area (TPSA) is 96.4 Å². The maximum Gasteiger partial charge on any atom is 0.347 e. The summed E-state index contributed by atoms with van der Waals surface area (Å²) in [4.78, 5) is 14.4. The third-order valence-electron chi connectivity index (χ3n) is 2.65. The summed E-state index contributed by atoms with van der Waals surface area (Å²) in [6.45, 7) is 1.68. The molecule has 0 aliphatic heterocycles. The van der Waals surface area contributed by atoms with Crippen LogP contribution >= 0.6 is 11.3 Å². The van der Waals surface area contributed by atoms with Crippen molar-refractivity contribution in [2.24, 2.45) is 0 Å². The maximum absolute atomic E-state index is 12.2. The van der Waals surface area contributed by atoms with Crippen molar-refractivity contribution < 1.29 is 18.3 Å². The Hall–Kier alpha value is -1.77. The number of nitrogens with one attached hydrogen (secondary N) is 1. The van der Waals surface area contributed by atoms with Gasteiger partial charge in [-0.25, -0.2) is 17.9 Å². The van der Waals surface area contributed by atoms with Gasteiger partial charge in [0, 0.05) is 18.4 Å². The first kappa shape index (κ1) is 14.6. The number of aromatic carboxylic acids is 1. The molecule has 0 amide bonds. The van der Waals surface area contributed by atoms with E-state index in [9.17, 15) is 13.2 Å². The Bertz CT molecular complexity index is 710. The lowest BCUT2D eigenvalue weighted by molar-refractivity contribution is 0.0698. The summed E-state index contributed by atoms with van der Waals surface area (Å²) < 4.78 is 26.9. The normalized spacial score (nSPS) is 13.1. The van der Waals surface area contributed by atoms with E-state index in [2.05, 4.69) is 9.71 Å². The average Bonchev–Trinajstić information content (AvgIpc) is 2.89. The van der Waals surface area contributed by atoms with Crippen LogP contribution in [0.2, 0.25) is 0 Å². The number of carboxylic acids is 1. The van der Waals surface area contributed by atoms with Crippen molar-refractivity contribution in [1.82, 2.24) is 9.71 Å². The Morgan fingerprint density at radius 2 is 2.00 bits per heavy atom. The third kappa shape index (κ3) is 3.03. The van der Waals surface area contributed by atoms with Crippen molar-refractivity contribution in [1.29, 1.82) is 0 Å². The van der Waals surface area contributed by atoms with Gasteiger partial charge in [-0.3, -0.25) is 4.98 Å². The molecule has 0 bridgehead atoms. The van der Waals surface area contributed by atoms with Gasteiger partial charge in [0.25, 0.3) is 0 Å². The molecule has 1 atom stereocenters. The van der Waals surface area contributed by atoms with Crippen LogP contribution in [0.25, 0.3) is 0 Å². The molecule has 0 aromatic carbocycles. The van der Waals surface area contributed by atoms with Gasteiger partial charge in [0.05, 0.1) is 0 Å². The number of sulfonamides is 1. The SMILES string of the molecule is C[C@@H](NS(=O)(=O)c1ccsc1C(=O)O)c1ccncc1. The highest BCUT2D eigenvalue weighted by molar-refractivity contribution is 7.89. The second kappa shape index (κ2) is 5.70. The van der Waals surface area contributed by atoms with Gasteiger partial charge >= 0.3 is 5.97 Å². The minimum atomic E-state index is -3.88. The summed E-state index contributed by atoms with van der Waals surface area (Å²) in [6, 6.07) is 4.19. The van der Waals surface area contributed by atoms with Gasteiger partial charge < -0.3 is 5.11 Å². The van der Waals surface area contributed by atoms with E-state index in [4.69, 9.17) is 5.11 Å². The molecule has 106 valence electrons. The van der Waals surface area contributed by atoms with Gasteiger partial charge in [0.1, 0.15) is 9.77 Å². The molecule has 2 rings (SSSR count). The Balaban J connectivity index is 2.28. The zero-order valence-corrected chi connectivity index (χ0v) is 12.1. The van der Waals surface area contributed by atoms with E-state index in [1.165, 1.54) is 11.4 Å². The molecule has 2 aromatic heterocycles. The van der Waals surface area contributed by atoms with Crippen LogP contribution in [0.5, 0.6) is 0 Å². The summed E-state index contributed by atoms with van der Waals surface area (Å²) in [7, 11) is -3.88. The molecule has 0 aliphatic rings. The lowest BCUT2D eigenvalue weighted by Gasteiger charge is -2.14. The van der Waals surface area contributed by atoms with Crippen LogP contribution < -0.4 is 4.72 Å². The summed E-state index contributed by atoms with van der Waals surface area (Å²) in [5.41, 5.74) is 0.746. The zero-order chi connectivity index (χ0) is 14.8. The number of carboxylic acid groups (broad SMARTS) is 1. The van der Waals surface area contributed by atoms with Crippen molar-refractivity contribution >= 4 is 27.3 Å². The zero-order valence-electron chi connectivity index (χ0n) is 10.5. The fraction of sp³-hybridized carbons (Fsp3) is 0.167. The number of pyridine rings is 1. The van der Waals surface area contributed by atoms with Gasteiger partial charge in [-0.2, -0.15) is 0 Å². The lowest BCUT2D eigenvalue weighted by Crippen LogP contribution is -2.27. The van der Waals surface area contributed by atoms with Gasteiger partial charge in [-0.05, 0) is 36.1 Å². The first-order valence-electron chi connectivity index (χ1n) is 5.65. The predicted octanol–water partition coefficient (Wildman–Crippen LogP) is 1.88. The summed E-state index contributed by atoms with van der Waals surface area (Å²) >= 11 is 0.879. The van der Waals surface area contributed by atoms with E-state index in [0.717, 1.165) is 16.9 Å². The molecule has 2 N–H and O–H groups in total. The molecule has 0 fully saturated rings. The first-order chi connectivity index (χ1) is 9.42. The maximum atomic E-state index is 12.2. The van der Waals surface area contributed by atoms with Gasteiger partial charge in [0.2, 0.25) is 10.0 Å². The van der Waals surface area contributed by atoms with Crippen molar-refractivity contribution in [3.05, 3.63) is 46.4 Å². The van der Waals surface area contributed by atoms with E-state index in [1.54, 1.807) is 31.5 Å². The van der Waals surface area contributed by atoms with Crippen LogP contribution in [0, 0.1) is 0 Å². The van der Waals surface area contributed by atoms with Crippen LogP contribution in [0.15, 0.2) is 40.9 Å². The Kier molecular flexibility index (Phi) is 4.17. The molecular formula is C12H12N2O4S2. The Morgan fingerprint density at radius 3 is 2.60 bits per heavy atom. The molecular weight excluding hydrogens is 300 g/mol. The quantitative estimate of drug-likeness (QED) is 0.878. The van der Waals surface area contributed by atoms with E-state index >= 15 is 0 Å². The highest BCUT2D eigenvalue weighted by Crippen LogP contribution is 2.23. The highest BCUT2D eigenvalue weighted by atomic mass is 32.2. The van der Waals surface area contributed by atoms with E-state index in [1.807, 2.05) is 0 Å². The molecule has 0 aliphatic carbocycles. The smallest absolute Gasteiger partial charge is 0.347 e. The molecule has 8 heteroatoms. The molecule has 2 aromatic rings. The van der Waals surface area contributed by atoms with Gasteiger partial charge in [-0.1, -0.05) is 0 Å². The number of thiophene rings is 1. The fourth-order valence-corrected chi connectivity index (χ4v) is 4.17. The Labute approximate surface area is 120 Å². The lowest BCUT2D eigenvalue weighted by atomic mass is 10.1. The van der Waals surface area contributed by atoms with Crippen molar-refractivity contribution in [3.8, 4) is 0 Å². The largest absolute Gasteiger partial charge is 0.477 e. The van der Waals surface area contributed by atoms with Gasteiger partial charge in [0.15, 0.2) is 0 Å². The van der Waals surface area contributed by atoms with Crippen molar-refractivity contribution in [2.45, 2.75) is 17.9 Å². The molecule has 0 saturated heterocycles. The number of rotatable bonds is 5. The molecule has 0 spiro atoms. The summed E-state index contributed by atoms with van der Waals surface area (Å²) in [5.74, 6) is -1.25. The molecule has 0 radical (unpaired) electrons. The number of hydrogen-bond acceptors (Lipinski definition) is 5. The van der Waals surface area contributed by atoms with Crippen LogP contribution in [0.4, 0.5) is 0 Å². The van der Waals surface area contributed by atoms with Crippen LogP contribution in [-0.2, 0) is 10.0 Å². The van der Waals surface area contributed by atoms with Crippen LogP contribution in [0.3, 0.4) is 0 Å². The number of carbonyl (C=O) groups is 1.